The lowest BCUT2D eigenvalue weighted by Gasteiger charge is -2.42. The zero-order chi connectivity index (χ0) is 11.6. The molecule has 0 saturated carbocycles. The van der Waals surface area contributed by atoms with Gasteiger partial charge in [-0.2, -0.15) is 8.78 Å². The van der Waals surface area contributed by atoms with Gasteiger partial charge in [0.2, 0.25) is 0 Å². The summed E-state index contributed by atoms with van der Waals surface area (Å²) in [5.74, 6) is -0.484. The topological polar surface area (TPSA) is 20.3 Å². The largest absolute Gasteiger partial charge is 0.338 e. The Morgan fingerprint density at radius 1 is 1.27 bits per heavy atom. The van der Waals surface area contributed by atoms with E-state index in [1.807, 2.05) is 0 Å². The molecule has 1 rings (SSSR count). The van der Waals surface area contributed by atoms with Crippen LogP contribution in [0.1, 0.15) is 33.6 Å². The lowest BCUT2D eigenvalue weighted by molar-refractivity contribution is -0.145. The highest BCUT2D eigenvalue weighted by Crippen LogP contribution is 2.38. The Morgan fingerprint density at radius 2 is 1.73 bits per heavy atom. The molecule has 4 heteroatoms. The van der Waals surface area contributed by atoms with Crippen molar-refractivity contribution in [3.05, 3.63) is 0 Å². The highest BCUT2D eigenvalue weighted by atomic mass is 19.3. The van der Waals surface area contributed by atoms with E-state index in [0.717, 1.165) is 12.8 Å². The number of carbonyl (C=O) groups excluding carboxylic acids is 1. The van der Waals surface area contributed by atoms with E-state index >= 15 is 0 Å². The van der Waals surface area contributed by atoms with E-state index in [2.05, 4.69) is 20.8 Å². The van der Waals surface area contributed by atoms with Crippen LogP contribution in [0, 0.1) is 11.3 Å². The number of nitrogens with zero attached hydrogens (tertiary/aromatic N) is 1. The molecule has 1 amide bonds. The van der Waals surface area contributed by atoms with E-state index < -0.39 is 12.3 Å². The van der Waals surface area contributed by atoms with E-state index in [1.165, 1.54) is 4.90 Å². The molecule has 0 aromatic rings. The van der Waals surface area contributed by atoms with Crippen molar-refractivity contribution in [2.75, 3.05) is 13.1 Å². The van der Waals surface area contributed by atoms with E-state index in [9.17, 15) is 13.6 Å². The van der Waals surface area contributed by atoms with Crippen LogP contribution >= 0.6 is 0 Å². The maximum atomic E-state index is 12.2. The predicted octanol–water partition coefficient (Wildman–Crippen LogP) is 2.54. The minimum absolute atomic E-state index is 0.193. The van der Waals surface area contributed by atoms with Gasteiger partial charge in [-0.3, -0.25) is 4.79 Å². The number of likely N-dealkylation sites (tertiary alicyclic amines) is 1. The van der Waals surface area contributed by atoms with E-state index in [0.29, 0.717) is 19.0 Å². The van der Waals surface area contributed by atoms with Crippen molar-refractivity contribution in [2.45, 2.75) is 40.0 Å². The second-order valence-electron chi connectivity index (χ2n) is 4.93. The molecule has 0 N–H and O–H groups in total. The first-order valence-corrected chi connectivity index (χ1v) is 5.44. The molecule has 0 aromatic carbocycles. The van der Waals surface area contributed by atoms with Gasteiger partial charge in [-0.25, -0.2) is 0 Å². The van der Waals surface area contributed by atoms with E-state index in [1.54, 1.807) is 0 Å². The third-order valence-electron chi connectivity index (χ3n) is 3.80. The molecule has 0 atom stereocenters. The maximum Gasteiger partial charge on any atom is 0.315 e. The summed E-state index contributed by atoms with van der Waals surface area (Å²) in [6.45, 7) is 7.40. The number of halogens is 2. The summed E-state index contributed by atoms with van der Waals surface area (Å²) in [7, 11) is 0. The van der Waals surface area contributed by atoms with Crippen LogP contribution in [-0.4, -0.2) is 30.3 Å². The Balaban J connectivity index is 2.53. The Morgan fingerprint density at radius 3 is 2.07 bits per heavy atom. The summed E-state index contributed by atoms with van der Waals surface area (Å²) in [6, 6.07) is 0. The Bertz CT molecular complexity index is 233. The SMILES string of the molecule is CC(C)C1(C)CCN(C(=O)C(F)F)CC1. The van der Waals surface area contributed by atoms with Gasteiger partial charge in [-0.1, -0.05) is 20.8 Å². The third kappa shape index (κ3) is 2.67. The van der Waals surface area contributed by atoms with Gasteiger partial charge in [0.15, 0.2) is 0 Å². The van der Waals surface area contributed by atoms with Crippen LogP contribution in [-0.2, 0) is 4.79 Å². The normalized spacial score (nSPS) is 21.1. The van der Waals surface area contributed by atoms with Gasteiger partial charge in [-0.05, 0) is 24.2 Å². The second-order valence-corrected chi connectivity index (χ2v) is 4.93. The van der Waals surface area contributed by atoms with E-state index in [4.69, 9.17) is 0 Å². The molecule has 0 bridgehead atoms. The van der Waals surface area contributed by atoms with E-state index in [-0.39, 0.29) is 5.41 Å². The van der Waals surface area contributed by atoms with Crippen LogP contribution in [0.5, 0.6) is 0 Å². The molecular weight excluding hydrogens is 200 g/mol. The van der Waals surface area contributed by atoms with Crippen molar-refractivity contribution in [3.8, 4) is 0 Å². The lowest BCUT2D eigenvalue weighted by atomic mass is 9.72. The fraction of sp³-hybridized carbons (Fsp3) is 0.909. The Labute approximate surface area is 89.6 Å². The van der Waals surface area contributed by atoms with Gasteiger partial charge >= 0.3 is 6.43 Å². The Hall–Kier alpha value is -0.670. The zero-order valence-electron chi connectivity index (χ0n) is 9.59. The number of carbonyl (C=O) groups is 1. The summed E-state index contributed by atoms with van der Waals surface area (Å²) in [4.78, 5) is 12.3. The van der Waals surface area contributed by atoms with Crippen LogP contribution in [0.4, 0.5) is 8.78 Å². The average molecular weight is 219 g/mol. The monoisotopic (exact) mass is 219 g/mol. The number of amides is 1. The molecule has 1 aliphatic rings. The lowest BCUT2D eigenvalue weighted by Crippen LogP contribution is -2.45. The van der Waals surface area contributed by atoms with Crippen molar-refractivity contribution in [1.29, 1.82) is 0 Å². The van der Waals surface area contributed by atoms with Gasteiger partial charge in [0.1, 0.15) is 0 Å². The van der Waals surface area contributed by atoms with Crippen LogP contribution in [0.15, 0.2) is 0 Å². The molecule has 15 heavy (non-hydrogen) atoms. The second kappa shape index (κ2) is 4.45. The van der Waals surface area contributed by atoms with Crippen LogP contribution in [0.25, 0.3) is 0 Å². The summed E-state index contributed by atoms with van der Waals surface area (Å²) in [5.41, 5.74) is 0.193. The summed E-state index contributed by atoms with van der Waals surface area (Å²) < 4.78 is 24.3. The van der Waals surface area contributed by atoms with Crippen molar-refractivity contribution in [2.24, 2.45) is 11.3 Å². The van der Waals surface area contributed by atoms with Crippen molar-refractivity contribution < 1.29 is 13.6 Å². The minimum atomic E-state index is -2.85. The van der Waals surface area contributed by atoms with Crippen LogP contribution in [0.2, 0.25) is 0 Å². The molecule has 0 unspecified atom stereocenters. The van der Waals surface area contributed by atoms with Gasteiger partial charge < -0.3 is 4.90 Å². The zero-order valence-corrected chi connectivity index (χ0v) is 9.59. The molecule has 2 nitrogen and oxygen atoms in total. The highest BCUT2D eigenvalue weighted by Gasteiger charge is 2.35. The molecule has 1 aliphatic heterocycles. The molecule has 1 fully saturated rings. The summed E-state index contributed by atoms with van der Waals surface area (Å²) >= 11 is 0. The molecule has 0 aliphatic carbocycles. The quantitative estimate of drug-likeness (QED) is 0.699. The molecule has 1 heterocycles. The molecule has 88 valence electrons. The number of piperidine rings is 1. The predicted molar refractivity (Wildman–Crippen MR) is 54.8 cm³/mol. The first kappa shape index (κ1) is 12.4. The number of rotatable bonds is 2. The fourth-order valence-electron chi connectivity index (χ4n) is 1.95. The summed E-state index contributed by atoms with van der Waals surface area (Å²) in [5, 5.41) is 0. The van der Waals surface area contributed by atoms with Gasteiger partial charge in [0.25, 0.3) is 5.91 Å². The van der Waals surface area contributed by atoms with Crippen LogP contribution < -0.4 is 0 Å². The maximum absolute atomic E-state index is 12.2. The molecule has 0 radical (unpaired) electrons. The van der Waals surface area contributed by atoms with Gasteiger partial charge in [-0.15, -0.1) is 0 Å². The van der Waals surface area contributed by atoms with Crippen molar-refractivity contribution in [3.63, 3.8) is 0 Å². The van der Waals surface area contributed by atoms with Crippen LogP contribution in [0.3, 0.4) is 0 Å². The molecular formula is C11H19F2NO. The number of alkyl halides is 2. The third-order valence-corrected chi connectivity index (χ3v) is 3.80. The molecule has 0 spiro atoms. The molecule has 1 saturated heterocycles. The highest BCUT2D eigenvalue weighted by molar-refractivity contribution is 5.79. The number of hydrogen-bond donors (Lipinski definition) is 0. The van der Waals surface area contributed by atoms with Gasteiger partial charge in [0.05, 0.1) is 0 Å². The number of hydrogen-bond acceptors (Lipinski definition) is 1. The average Bonchev–Trinajstić information content (AvgIpc) is 2.17. The van der Waals surface area contributed by atoms with Crippen molar-refractivity contribution in [1.82, 2.24) is 4.90 Å². The minimum Gasteiger partial charge on any atom is -0.338 e. The fourth-order valence-corrected chi connectivity index (χ4v) is 1.95. The Kier molecular flexibility index (Phi) is 3.68. The summed E-state index contributed by atoms with van der Waals surface area (Å²) in [6.07, 6.45) is -1.21. The first-order valence-electron chi connectivity index (χ1n) is 5.44. The smallest absolute Gasteiger partial charge is 0.315 e. The molecule has 0 aromatic heterocycles. The van der Waals surface area contributed by atoms with Gasteiger partial charge in [0, 0.05) is 13.1 Å². The first-order chi connectivity index (χ1) is 6.87. The standard InChI is InChI=1S/C11H19F2NO/c1-8(2)11(3)4-6-14(7-5-11)10(15)9(12)13/h8-9H,4-7H2,1-3H3. The van der Waals surface area contributed by atoms with Crippen molar-refractivity contribution >= 4 is 5.91 Å².